The number of nitrogens with zero attached hydrogens (tertiary/aromatic N) is 1. The first kappa shape index (κ1) is 13.1. The molecule has 0 unspecified atom stereocenters. The average Bonchev–Trinajstić information content (AvgIpc) is 2.64. The predicted octanol–water partition coefficient (Wildman–Crippen LogP) is 1.91. The Kier molecular flexibility index (Phi) is 4.44. The number of carbonyl (C=O) groups is 1. The molecule has 0 aromatic carbocycles. The van der Waals surface area contributed by atoms with Crippen molar-refractivity contribution in [2.24, 2.45) is 5.73 Å². The Bertz CT molecular complexity index is 360. The maximum atomic E-state index is 11.9. The van der Waals surface area contributed by atoms with E-state index in [2.05, 4.69) is 17.2 Å². The number of aromatic nitrogens is 1. The average molecular weight is 241 g/mol. The van der Waals surface area contributed by atoms with Gasteiger partial charge in [-0.2, -0.15) is 0 Å². The minimum absolute atomic E-state index is 0.116. The number of thiazole rings is 1. The number of carbonyl (C=O) groups excluding carboxylic acids is 1. The van der Waals surface area contributed by atoms with Crippen molar-refractivity contribution in [3.63, 3.8) is 0 Å². The molecule has 5 heteroatoms. The maximum Gasteiger partial charge on any atom is 0.271 e. The van der Waals surface area contributed by atoms with Crippen molar-refractivity contribution in [1.82, 2.24) is 10.3 Å². The van der Waals surface area contributed by atoms with Crippen LogP contribution in [-0.4, -0.2) is 16.4 Å². The van der Waals surface area contributed by atoms with Crippen LogP contribution in [-0.2, 0) is 6.54 Å². The zero-order chi connectivity index (χ0) is 12.2. The molecule has 1 amide bonds. The van der Waals surface area contributed by atoms with Gasteiger partial charge in [-0.25, -0.2) is 4.98 Å². The number of amides is 1. The van der Waals surface area contributed by atoms with Crippen LogP contribution in [0.15, 0.2) is 5.38 Å². The van der Waals surface area contributed by atoms with E-state index in [0.717, 1.165) is 17.8 Å². The summed E-state index contributed by atoms with van der Waals surface area (Å²) >= 11 is 1.42. The van der Waals surface area contributed by atoms with Gasteiger partial charge in [0.1, 0.15) is 10.7 Å². The Morgan fingerprint density at radius 1 is 1.62 bits per heavy atom. The number of nitrogens with two attached hydrogens (primary N) is 1. The van der Waals surface area contributed by atoms with E-state index in [1.807, 2.05) is 13.8 Å². The first-order chi connectivity index (χ1) is 7.48. The van der Waals surface area contributed by atoms with Gasteiger partial charge in [0.05, 0.1) is 0 Å². The third kappa shape index (κ3) is 3.57. The third-order valence-electron chi connectivity index (χ3n) is 2.29. The Morgan fingerprint density at radius 2 is 2.31 bits per heavy atom. The lowest BCUT2D eigenvalue weighted by Gasteiger charge is -2.25. The van der Waals surface area contributed by atoms with E-state index in [1.165, 1.54) is 11.3 Å². The summed E-state index contributed by atoms with van der Waals surface area (Å²) in [4.78, 5) is 16.0. The molecule has 4 nitrogen and oxygen atoms in total. The summed E-state index contributed by atoms with van der Waals surface area (Å²) in [5.74, 6) is -0.116. The van der Waals surface area contributed by atoms with Crippen LogP contribution in [0.1, 0.15) is 49.1 Å². The number of hydrogen-bond acceptors (Lipinski definition) is 4. The van der Waals surface area contributed by atoms with Crippen LogP contribution in [0.2, 0.25) is 0 Å². The summed E-state index contributed by atoms with van der Waals surface area (Å²) in [6.07, 6.45) is 1.99. The van der Waals surface area contributed by atoms with Crippen molar-refractivity contribution in [3.8, 4) is 0 Å². The van der Waals surface area contributed by atoms with Gasteiger partial charge in [-0.05, 0) is 20.3 Å². The molecule has 0 radical (unpaired) electrons. The van der Waals surface area contributed by atoms with E-state index < -0.39 is 0 Å². The minimum atomic E-state index is -0.182. The molecule has 0 saturated carbocycles. The quantitative estimate of drug-likeness (QED) is 0.827. The van der Waals surface area contributed by atoms with E-state index >= 15 is 0 Å². The lowest BCUT2D eigenvalue weighted by atomic mass is 9.99. The fourth-order valence-electron chi connectivity index (χ4n) is 1.57. The van der Waals surface area contributed by atoms with E-state index in [4.69, 9.17) is 5.73 Å². The summed E-state index contributed by atoms with van der Waals surface area (Å²) < 4.78 is 0. The molecule has 1 aromatic heterocycles. The van der Waals surface area contributed by atoms with Crippen molar-refractivity contribution < 1.29 is 4.79 Å². The Labute approximate surface area is 100 Å². The first-order valence-electron chi connectivity index (χ1n) is 5.45. The fraction of sp³-hybridized carbons (Fsp3) is 0.636. The van der Waals surface area contributed by atoms with Gasteiger partial charge >= 0.3 is 0 Å². The highest BCUT2D eigenvalue weighted by Crippen LogP contribution is 2.14. The normalized spacial score (nSPS) is 11.5. The molecule has 90 valence electrons. The van der Waals surface area contributed by atoms with Gasteiger partial charge in [-0.15, -0.1) is 11.3 Å². The van der Waals surface area contributed by atoms with E-state index in [-0.39, 0.29) is 11.4 Å². The van der Waals surface area contributed by atoms with Crippen LogP contribution >= 0.6 is 11.3 Å². The van der Waals surface area contributed by atoms with Gasteiger partial charge in [-0.3, -0.25) is 4.79 Å². The number of rotatable bonds is 5. The van der Waals surface area contributed by atoms with E-state index in [9.17, 15) is 4.79 Å². The molecule has 0 aliphatic carbocycles. The highest BCUT2D eigenvalue weighted by atomic mass is 32.1. The molecular formula is C11H19N3OS. The van der Waals surface area contributed by atoms with Gasteiger partial charge in [0.25, 0.3) is 5.91 Å². The van der Waals surface area contributed by atoms with Crippen molar-refractivity contribution in [2.75, 3.05) is 0 Å². The third-order valence-corrected chi connectivity index (χ3v) is 3.16. The zero-order valence-electron chi connectivity index (χ0n) is 10.0. The van der Waals surface area contributed by atoms with E-state index in [1.54, 1.807) is 5.38 Å². The van der Waals surface area contributed by atoms with Crippen LogP contribution in [0.25, 0.3) is 0 Å². The Hall–Kier alpha value is -0.940. The van der Waals surface area contributed by atoms with Crippen LogP contribution in [0, 0.1) is 0 Å². The lowest BCUT2D eigenvalue weighted by Crippen LogP contribution is -2.43. The topological polar surface area (TPSA) is 68.0 Å². The van der Waals surface area contributed by atoms with Crippen LogP contribution in [0.5, 0.6) is 0 Å². The van der Waals surface area contributed by atoms with Crippen LogP contribution < -0.4 is 11.1 Å². The second-order valence-corrected chi connectivity index (χ2v) is 5.36. The fourth-order valence-corrected chi connectivity index (χ4v) is 2.22. The van der Waals surface area contributed by atoms with Crippen LogP contribution in [0.3, 0.4) is 0 Å². The molecule has 0 saturated heterocycles. The zero-order valence-corrected chi connectivity index (χ0v) is 10.9. The standard InChI is InChI=1S/C11H19N3OS/c1-4-5-11(2,3)14-10(15)8-7-16-9(6-12)13-8/h7H,4-6,12H2,1-3H3,(H,14,15). The highest BCUT2D eigenvalue weighted by Gasteiger charge is 2.21. The van der Waals surface area contributed by atoms with Gasteiger partial charge in [-0.1, -0.05) is 13.3 Å². The van der Waals surface area contributed by atoms with Gasteiger partial charge in [0.2, 0.25) is 0 Å². The minimum Gasteiger partial charge on any atom is -0.346 e. The summed E-state index contributed by atoms with van der Waals surface area (Å²) in [7, 11) is 0. The van der Waals surface area contributed by atoms with Gasteiger partial charge in [0, 0.05) is 17.5 Å². The van der Waals surface area contributed by atoms with Crippen LogP contribution in [0.4, 0.5) is 0 Å². The molecule has 0 atom stereocenters. The molecule has 1 heterocycles. The second-order valence-electron chi connectivity index (χ2n) is 4.42. The Morgan fingerprint density at radius 3 is 2.81 bits per heavy atom. The molecular weight excluding hydrogens is 222 g/mol. The van der Waals surface area contributed by atoms with Gasteiger partial charge in [0.15, 0.2) is 0 Å². The smallest absolute Gasteiger partial charge is 0.271 e. The molecule has 16 heavy (non-hydrogen) atoms. The molecule has 0 aliphatic rings. The summed E-state index contributed by atoms with van der Waals surface area (Å²) in [5, 5.41) is 5.52. The Balaban J connectivity index is 2.65. The maximum absolute atomic E-state index is 11.9. The van der Waals surface area contributed by atoms with E-state index in [0.29, 0.717) is 12.2 Å². The first-order valence-corrected chi connectivity index (χ1v) is 6.33. The summed E-state index contributed by atoms with van der Waals surface area (Å²) in [5.41, 5.74) is 5.74. The highest BCUT2D eigenvalue weighted by molar-refractivity contribution is 7.09. The summed E-state index contributed by atoms with van der Waals surface area (Å²) in [6.45, 7) is 6.52. The number of nitrogens with one attached hydrogen (secondary N) is 1. The lowest BCUT2D eigenvalue weighted by molar-refractivity contribution is 0.0904. The SMILES string of the molecule is CCCC(C)(C)NC(=O)c1csc(CN)n1. The molecule has 1 aromatic rings. The molecule has 0 spiro atoms. The largest absolute Gasteiger partial charge is 0.346 e. The summed E-state index contributed by atoms with van der Waals surface area (Å²) in [6, 6.07) is 0. The monoisotopic (exact) mass is 241 g/mol. The molecule has 1 rings (SSSR count). The molecule has 3 N–H and O–H groups in total. The van der Waals surface area contributed by atoms with Crippen molar-refractivity contribution in [3.05, 3.63) is 16.1 Å². The van der Waals surface area contributed by atoms with Crippen molar-refractivity contribution in [1.29, 1.82) is 0 Å². The molecule has 0 aliphatic heterocycles. The molecule has 0 fully saturated rings. The van der Waals surface area contributed by atoms with Crippen molar-refractivity contribution >= 4 is 17.2 Å². The van der Waals surface area contributed by atoms with Gasteiger partial charge < -0.3 is 11.1 Å². The molecule has 0 bridgehead atoms. The number of hydrogen-bond donors (Lipinski definition) is 2. The second kappa shape index (κ2) is 5.41. The van der Waals surface area contributed by atoms with Crippen molar-refractivity contribution in [2.45, 2.75) is 45.7 Å². The predicted molar refractivity (Wildman–Crippen MR) is 66.5 cm³/mol.